The van der Waals surface area contributed by atoms with Crippen molar-refractivity contribution in [3.8, 4) is 5.75 Å². The van der Waals surface area contributed by atoms with Crippen LogP contribution in [0.5, 0.6) is 5.75 Å². The number of rotatable bonds is 3. The molecular formula is C12H15NO4S. The Kier molecular flexibility index (Phi) is 3.56. The Morgan fingerprint density at radius 2 is 2.22 bits per heavy atom. The lowest BCUT2D eigenvalue weighted by Crippen LogP contribution is -2.34. The molecule has 1 aliphatic rings. The third-order valence-corrected chi connectivity index (χ3v) is 5.34. The fraction of sp³-hybridized carbons (Fsp3) is 0.417. The molecule has 2 rings (SSSR count). The number of carbonyl (C=O) groups is 1. The number of sulfone groups is 1. The van der Waals surface area contributed by atoms with Crippen molar-refractivity contribution in [3.63, 3.8) is 0 Å². The average Bonchev–Trinajstić information content (AvgIpc) is 2.65. The molecule has 1 aromatic carbocycles. The summed E-state index contributed by atoms with van der Waals surface area (Å²) in [7, 11) is -3.04. The van der Waals surface area contributed by atoms with Crippen molar-refractivity contribution in [1.29, 1.82) is 0 Å². The van der Waals surface area contributed by atoms with E-state index in [0.717, 1.165) is 0 Å². The monoisotopic (exact) mass is 269 g/mol. The lowest BCUT2D eigenvalue weighted by molar-refractivity contribution is 0.0953. The van der Waals surface area contributed by atoms with E-state index in [0.29, 0.717) is 18.4 Å². The third-order valence-electron chi connectivity index (χ3n) is 3.06. The molecule has 1 unspecified atom stereocenters. The quantitative estimate of drug-likeness (QED) is 0.846. The minimum absolute atomic E-state index is 0.0103. The summed E-state index contributed by atoms with van der Waals surface area (Å²) >= 11 is 0. The molecule has 0 bridgehead atoms. The van der Waals surface area contributed by atoms with Crippen molar-refractivity contribution >= 4 is 15.7 Å². The van der Waals surface area contributed by atoms with E-state index in [-0.39, 0.29) is 24.0 Å². The SMILES string of the molecule is O=C(NCC1CCCS1(=O)=O)c1cccc(O)c1. The molecule has 1 saturated heterocycles. The van der Waals surface area contributed by atoms with Gasteiger partial charge in [-0.05, 0) is 31.0 Å². The zero-order chi connectivity index (χ0) is 13.2. The van der Waals surface area contributed by atoms with Gasteiger partial charge < -0.3 is 10.4 Å². The molecule has 6 heteroatoms. The van der Waals surface area contributed by atoms with E-state index in [9.17, 15) is 18.3 Å². The maximum Gasteiger partial charge on any atom is 0.251 e. The smallest absolute Gasteiger partial charge is 0.251 e. The Bertz CT molecular complexity index is 553. The van der Waals surface area contributed by atoms with Crippen LogP contribution in [-0.2, 0) is 9.84 Å². The number of nitrogens with one attached hydrogen (secondary N) is 1. The van der Waals surface area contributed by atoms with Crippen molar-refractivity contribution in [3.05, 3.63) is 29.8 Å². The molecular weight excluding hydrogens is 254 g/mol. The zero-order valence-electron chi connectivity index (χ0n) is 9.80. The van der Waals surface area contributed by atoms with Crippen LogP contribution in [0.4, 0.5) is 0 Å². The molecule has 1 aromatic rings. The highest BCUT2D eigenvalue weighted by Gasteiger charge is 2.31. The third kappa shape index (κ3) is 2.81. The first-order chi connectivity index (χ1) is 8.49. The van der Waals surface area contributed by atoms with Gasteiger partial charge in [0.25, 0.3) is 5.91 Å². The van der Waals surface area contributed by atoms with Crippen LogP contribution < -0.4 is 5.32 Å². The van der Waals surface area contributed by atoms with Gasteiger partial charge in [-0.15, -0.1) is 0 Å². The van der Waals surface area contributed by atoms with Crippen LogP contribution in [0.15, 0.2) is 24.3 Å². The molecule has 0 aliphatic carbocycles. The first-order valence-corrected chi connectivity index (χ1v) is 7.49. The Morgan fingerprint density at radius 1 is 1.44 bits per heavy atom. The molecule has 5 nitrogen and oxygen atoms in total. The highest BCUT2D eigenvalue weighted by atomic mass is 32.2. The highest BCUT2D eigenvalue weighted by Crippen LogP contribution is 2.19. The molecule has 1 heterocycles. The summed E-state index contributed by atoms with van der Waals surface area (Å²) < 4.78 is 23.1. The van der Waals surface area contributed by atoms with Gasteiger partial charge in [0.2, 0.25) is 0 Å². The number of phenolic OH excluding ortho intramolecular Hbond substituents is 1. The standard InChI is InChI=1S/C12H15NO4S/c14-10-4-1-3-9(7-10)12(15)13-8-11-5-2-6-18(11,16)17/h1,3-4,7,11,14H,2,5-6,8H2,(H,13,15). The lowest BCUT2D eigenvalue weighted by atomic mass is 10.2. The van der Waals surface area contributed by atoms with Crippen LogP contribution in [0.25, 0.3) is 0 Å². The predicted molar refractivity (Wildman–Crippen MR) is 67.2 cm³/mol. The largest absolute Gasteiger partial charge is 0.508 e. The summed E-state index contributed by atoms with van der Waals surface area (Å²) in [5.41, 5.74) is 0.324. The lowest BCUT2D eigenvalue weighted by Gasteiger charge is -2.10. The van der Waals surface area contributed by atoms with Crippen LogP contribution in [0, 0.1) is 0 Å². The second-order valence-corrected chi connectivity index (χ2v) is 6.79. The molecule has 98 valence electrons. The molecule has 1 amide bonds. The second-order valence-electron chi connectivity index (χ2n) is 4.39. The molecule has 0 radical (unpaired) electrons. The summed E-state index contributed by atoms with van der Waals surface area (Å²) in [6, 6.07) is 5.95. The van der Waals surface area contributed by atoms with Gasteiger partial charge in [-0.2, -0.15) is 0 Å². The van der Waals surface area contributed by atoms with Gasteiger partial charge in [0.05, 0.1) is 11.0 Å². The van der Waals surface area contributed by atoms with Crippen LogP contribution in [0.1, 0.15) is 23.2 Å². The van der Waals surface area contributed by atoms with Crippen LogP contribution in [0.2, 0.25) is 0 Å². The fourth-order valence-corrected chi connectivity index (χ4v) is 3.81. The minimum Gasteiger partial charge on any atom is -0.508 e. The molecule has 1 fully saturated rings. The molecule has 0 spiro atoms. The minimum atomic E-state index is -3.04. The number of phenols is 1. The molecule has 0 aromatic heterocycles. The van der Waals surface area contributed by atoms with E-state index in [2.05, 4.69) is 5.32 Å². The fourth-order valence-electron chi connectivity index (χ4n) is 2.04. The van der Waals surface area contributed by atoms with Gasteiger partial charge in [0.15, 0.2) is 9.84 Å². The second kappa shape index (κ2) is 4.97. The van der Waals surface area contributed by atoms with E-state index < -0.39 is 15.1 Å². The van der Waals surface area contributed by atoms with Crippen molar-refractivity contribution < 1.29 is 18.3 Å². The van der Waals surface area contributed by atoms with Crippen molar-refractivity contribution in [2.45, 2.75) is 18.1 Å². The summed E-state index contributed by atoms with van der Waals surface area (Å²) in [6.45, 7) is 0.136. The van der Waals surface area contributed by atoms with Gasteiger partial charge in [0.1, 0.15) is 5.75 Å². The molecule has 1 aliphatic heterocycles. The maximum absolute atomic E-state index is 11.7. The molecule has 1 atom stereocenters. The highest BCUT2D eigenvalue weighted by molar-refractivity contribution is 7.92. The number of hydrogen-bond acceptors (Lipinski definition) is 4. The molecule has 18 heavy (non-hydrogen) atoms. The normalized spacial score (nSPS) is 21.7. The van der Waals surface area contributed by atoms with E-state index in [1.54, 1.807) is 12.1 Å². The summed E-state index contributed by atoms with van der Waals surface area (Å²) in [5.74, 6) is -0.149. The van der Waals surface area contributed by atoms with Crippen LogP contribution >= 0.6 is 0 Å². The average molecular weight is 269 g/mol. The van der Waals surface area contributed by atoms with Crippen LogP contribution in [-0.4, -0.2) is 37.0 Å². The van der Waals surface area contributed by atoms with Crippen LogP contribution in [0.3, 0.4) is 0 Å². The number of carbonyl (C=O) groups excluding carboxylic acids is 1. The summed E-state index contributed by atoms with van der Waals surface area (Å²) in [4.78, 5) is 11.7. The van der Waals surface area contributed by atoms with E-state index >= 15 is 0 Å². The number of benzene rings is 1. The first-order valence-electron chi connectivity index (χ1n) is 5.78. The van der Waals surface area contributed by atoms with Gasteiger partial charge in [-0.25, -0.2) is 8.42 Å². The first kappa shape index (κ1) is 12.9. The van der Waals surface area contributed by atoms with E-state index in [1.807, 2.05) is 0 Å². The number of aromatic hydroxyl groups is 1. The van der Waals surface area contributed by atoms with Crippen molar-refractivity contribution in [2.75, 3.05) is 12.3 Å². The van der Waals surface area contributed by atoms with E-state index in [4.69, 9.17) is 0 Å². The van der Waals surface area contributed by atoms with Gasteiger partial charge in [-0.1, -0.05) is 6.07 Å². The Balaban J connectivity index is 1.97. The predicted octanol–water partition coefficient (Wildman–Crippen LogP) is 0.699. The van der Waals surface area contributed by atoms with Gasteiger partial charge >= 0.3 is 0 Å². The Hall–Kier alpha value is -1.56. The summed E-state index contributed by atoms with van der Waals surface area (Å²) in [5, 5.41) is 11.4. The van der Waals surface area contributed by atoms with Crippen molar-refractivity contribution in [1.82, 2.24) is 5.32 Å². The maximum atomic E-state index is 11.7. The van der Waals surface area contributed by atoms with Crippen molar-refractivity contribution in [2.24, 2.45) is 0 Å². The van der Waals surface area contributed by atoms with Gasteiger partial charge in [0, 0.05) is 12.1 Å². The summed E-state index contributed by atoms with van der Waals surface area (Å²) in [6.07, 6.45) is 1.26. The zero-order valence-corrected chi connectivity index (χ0v) is 10.6. The van der Waals surface area contributed by atoms with E-state index in [1.165, 1.54) is 12.1 Å². The Morgan fingerprint density at radius 3 is 2.83 bits per heavy atom. The van der Waals surface area contributed by atoms with Gasteiger partial charge in [-0.3, -0.25) is 4.79 Å². The topological polar surface area (TPSA) is 83.5 Å². The molecule has 2 N–H and O–H groups in total. The Labute approximate surface area is 106 Å². The number of hydrogen-bond donors (Lipinski definition) is 2. The number of amides is 1. The molecule has 0 saturated carbocycles.